The Morgan fingerprint density at radius 1 is 1.25 bits per heavy atom. The highest BCUT2D eigenvalue weighted by Crippen LogP contribution is 2.65. The van der Waals surface area contributed by atoms with Crippen LogP contribution in [0.25, 0.3) is 0 Å². The summed E-state index contributed by atoms with van der Waals surface area (Å²) in [6, 6.07) is -0.415. The second kappa shape index (κ2) is 3.66. The molecule has 0 aromatic rings. The summed E-state index contributed by atoms with van der Waals surface area (Å²) < 4.78 is 25.2. The molecule has 0 spiro atoms. The van der Waals surface area contributed by atoms with Crippen molar-refractivity contribution in [1.29, 1.82) is 0 Å². The third-order valence-electron chi connectivity index (χ3n) is 5.64. The average molecular weight is 231 g/mol. The largest absolute Gasteiger partial charge is 0.306 e. The second-order valence-electron chi connectivity index (χ2n) is 6.45. The Morgan fingerprint density at radius 2 is 1.88 bits per heavy atom. The van der Waals surface area contributed by atoms with E-state index in [-0.39, 0.29) is 11.5 Å². The van der Waals surface area contributed by atoms with Crippen molar-refractivity contribution in [2.45, 2.75) is 65.5 Å². The van der Waals surface area contributed by atoms with E-state index in [9.17, 15) is 8.78 Å². The Balaban J connectivity index is 2.10. The molecule has 0 amide bonds. The maximum Gasteiger partial charge on any atom is 0.253 e. The minimum Gasteiger partial charge on any atom is -0.306 e. The van der Waals surface area contributed by atoms with Crippen molar-refractivity contribution in [2.24, 2.45) is 16.7 Å². The van der Waals surface area contributed by atoms with Crippen molar-refractivity contribution < 1.29 is 8.78 Å². The van der Waals surface area contributed by atoms with Crippen molar-refractivity contribution >= 4 is 0 Å². The molecule has 94 valence electrons. The van der Waals surface area contributed by atoms with Gasteiger partial charge in [0, 0.05) is 6.04 Å². The van der Waals surface area contributed by atoms with Crippen LogP contribution in [0.5, 0.6) is 0 Å². The van der Waals surface area contributed by atoms with E-state index < -0.39 is 12.5 Å². The third-order valence-corrected chi connectivity index (χ3v) is 5.64. The lowest BCUT2D eigenvalue weighted by Crippen LogP contribution is -2.49. The number of hydrogen-bond acceptors (Lipinski definition) is 1. The summed E-state index contributed by atoms with van der Waals surface area (Å²) in [5.41, 5.74) is 0.493. The predicted molar refractivity (Wildman–Crippen MR) is 61.6 cm³/mol. The second-order valence-corrected chi connectivity index (χ2v) is 6.45. The van der Waals surface area contributed by atoms with Gasteiger partial charge < -0.3 is 5.32 Å². The van der Waals surface area contributed by atoms with Gasteiger partial charge in [-0.05, 0) is 42.9 Å². The van der Waals surface area contributed by atoms with Gasteiger partial charge in [0.1, 0.15) is 0 Å². The van der Waals surface area contributed by atoms with E-state index in [0.29, 0.717) is 11.3 Å². The van der Waals surface area contributed by atoms with E-state index in [4.69, 9.17) is 0 Å². The number of fused-ring (bicyclic) bond motifs is 2. The van der Waals surface area contributed by atoms with Crippen LogP contribution in [0.4, 0.5) is 8.78 Å². The van der Waals surface area contributed by atoms with Crippen LogP contribution in [0.2, 0.25) is 0 Å². The number of alkyl halides is 2. The lowest BCUT2D eigenvalue weighted by atomic mass is 9.69. The number of halogens is 2. The fraction of sp³-hybridized carbons (Fsp3) is 1.00. The van der Waals surface area contributed by atoms with E-state index in [2.05, 4.69) is 26.1 Å². The molecule has 0 radical (unpaired) electrons. The van der Waals surface area contributed by atoms with Crippen LogP contribution in [0, 0.1) is 16.7 Å². The molecule has 1 N–H and O–H groups in total. The third kappa shape index (κ3) is 1.51. The summed E-state index contributed by atoms with van der Waals surface area (Å²) in [5.74, 6) is 0.708. The van der Waals surface area contributed by atoms with Gasteiger partial charge in [-0.15, -0.1) is 0 Å². The predicted octanol–water partition coefficient (Wildman–Crippen LogP) is 3.44. The summed E-state index contributed by atoms with van der Waals surface area (Å²) in [5, 5.41) is 3.16. The van der Waals surface area contributed by atoms with Crippen LogP contribution in [0.1, 0.15) is 47.0 Å². The van der Waals surface area contributed by atoms with Gasteiger partial charge in [0.2, 0.25) is 0 Å². The van der Waals surface area contributed by atoms with E-state index in [1.807, 2.05) is 0 Å². The summed E-state index contributed by atoms with van der Waals surface area (Å²) in [6.07, 6.45) is 1.26. The molecule has 16 heavy (non-hydrogen) atoms. The zero-order chi connectivity index (χ0) is 12.1. The molecule has 2 aliphatic rings. The lowest BCUT2D eigenvalue weighted by molar-refractivity contribution is 0.0680. The van der Waals surface area contributed by atoms with Gasteiger partial charge in [0.05, 0.1) is 6.04 Å². The normalized spacial score (nSPS) is 42.9. The van der Waals surface area contributed by atoms with Crippen molar-refractivity contribution in [3.63, 3.8) is 0 Å². The number of rotatable bonds is 3. The molecule has 1 nitrogen and oxygen atoms in total. The molecule has 0 aromatic heterocycles. The van der Waals surface area contributed by atoms with Gasteiger partial charge in [-0.1, -0.05) is 20.8 Å². The first-order valence-corrected chi connectivity index (χ1v) is 6.33. The Hall–Kier alpha value is -0.180. The molecule has 2 aliphatic carbocycles. The van der Waals surface area contributed by atoms with Gasteiger partial charge in [-0.2, -0.15) is 0 Å². The molecule has 2 fully saturated rings. The van der Waals surface area contributed by atoms with Crippen molar-refractivity contribution in [3.05, 3.63) is 0 Å². The van der Waals surface area contributed by atoms with Crippen LogP contribution in [0.3, 0.4) is 0 Å². The molecule has 4 atom stereocenters. The number of hydrogen-bond donors (Lipinski definition) is 1. The van der Waals surface area contributed by atoms with E-state index in [0.717, 1.165) is 6.42 Å². The molecule has 4 unspecified atom stereocenters. The molecule has 0 heterocycles. The van der Waals surface area contributed by atoms with Crippen LogP contribution in [-0.4, -0.2) is 18.5 Å². The topological polar surface area (TPSA) is 12.0 Å². The maximum absolute atomic E-state index is 12.6. The highest BCUT2D eigenvalue weighted by Gasteiger charge is 2.61. The van der Waals surface area contributed by atoms with Crippen LogP contribution < -0.4 is 5.32 Å². The zero-order valence-electron chi connectivity index (χ0n) is 10.7. The van der Waals surface area contributed by atoms with Gasteiger partial charge in [-0.25, -0.2) is 8.78 Å². The highest BCUT2D eigenvalue weighted by molar-refractivity contribution is 5.13. The van der Waals surface area contributed by atoms with Crippen molar-refractivity contribution in [2.75, 3.05) is 0 Å². The maximum atomic E-state index is 12.6. The van der Waals surface area contributed by atoms with Gasteiger partial charge in [0.25, 0.3) is 6.43 Å². The molecule has 0 saturated heterocycles. The quantitative estimate of drug-likeness (QED) is 0.784. The first-order chi connectivity index (χ1) is 7.29. The van der Waals surface area contributed by atoms with Crippen molar-refractivity contribution in [1.82, 2.24) is 5.32 Å². The Bertz CT molecular complexity index is 277. The van der Waals surface area contributed by atoms with Crippen LogP contribution >= 0.6 is 0 Å². The van der Waals surface area contributed by atoms with Crippen LogP contribution in [0.15, 0.2) is 0 Å². The Labute approximate surface area is 97.0 Å². The summed E-state index contributed by atoms with van der Waals surface area (Å²) in [6.45, 7) is 8.47. The highest BCUT2D eigenvalue weighted by atomic mass is 19.3. The van der Waals surface area contributed by atoms with Crippen molar-refractivity contribution in [3.8, 4) is 0 Å². The smallest absolute Gasteiger partial charge is 0.253 e. The summed E-state index contributed by atoms with van der Waals surface area (Å²) >= 11 is 0. The average Bonchev–Trinajstić information content (AvgIpc) is 2.50. The fourth-order valence-electron chi connectivity index (χ4n) is 3.85. The minimum absolute atomic E-state index is 0.195. The number of nitrogens with one attached hydrogen (secondary N) is 1. The molecular weight excluding hydrogens is 208 g/mol. The Kier molecular flexibility index (Phi) is 2.81. The zero-order valence-corrected chi connectivity index (χ0v) is 10.7. The van der Waals surface area contributed by atoms with Gasteiger partial charge in [-0.3, -0.25) is 0 Å². The first-order valence-electron chi connectivity index (χ1n) is 6.33. The van der Waals surface area contributed by atoms with E-state index in [1.165, 1.54) is 12.8 Å². The van der Waals surface area contributed by atoms with E-state index >= 15 is 0 Å². The summed E-state index contributed by atoms with van der Waals surface area (Å²) in [7, 11) is 0. The van der Waals surface area contributed by atoms with E-state index in [1.54, 1.807) is 6.92 Å². The molecule has 0 aliphatic heterocycles. The first kappa shape index (κ1) is 12.3. The Morgan fingerprint density at radius 3 is 2.25 bits per heavy atom. The molecule has 3 heteroatoms. The van der Waals surface area contributed by atoms with Gasteiger partial charge >= 0.3 is 0 Å². The lowest BCUT2D eigenvalue weighted by Gasteiger charge is -2.40. The SMILES string of the molecule is CC(NC1CC2CCC1(C)C2(C)C)C(F)F. The van der Waals surface area contributed by atoms with Gasteiger partial charge in [0.15, 0.2) is 0 Å². The standard InChI is InChI=1S/C13H23F2N/c1-8(11(14)15)16-10-7-9-5-6-13(10,4)12(9,2)3/h8-11,16H,5-7H2,1-4H3. The summed E-state index contributed by atoms with van der Waals surface area (Å²) in [4.78, 5) is 0. The molecule has 0 aromatic carbocycles. The van der Waals surface area contributed by atoms with Crippen LogP contribution in [-0.2, 0) is 0 Å². The monoisotopic (exact) mass is 231 g/mol. The molecule has 2 rings (SSSR count). The fourth-order valence-corrected chi connectivity index (χ4v) is 3.85. The molecule has 2 bridgehead atoms. The molecule has 2 saturated carbocycles. The minimum atomic E-state index is -2.26. The molecular formula is C13H23F2N.